The van der Waals surface area contributed by atoms with E-state index in [1.54, 1.807) is 18.2 Å². The highest BCUT2D eigenvalue weighted by Crippen LogP contribution is 2.35. The summed E-state index contributed by atoms with van der Waals surface area (Å²) in [5.74, 6) is -0.796. The number of rotatable bonds is 1. The summed E-state index contributed by atoms with van der Waals surface area (Å²) in [6.45, 7) is 3.75. The largest absolute Gasteiger partial charge is 0.478 e. The number of carbonyl (C=O) groups is 2. The minimum absolute atomic E-state index is 0.153. The topological polar surface area (TPSA) is 54.4 Å². The number of aromatic carboxylic acids is 1. The number of ketones is 1. The maximum atomic E-state index is 11.7. The van der Waals surface area contributed by atoms with Crippen LogP contribution in [0, 0.1) is 0 Å². The third-order valence-electron chi connectivity index (χ3n) is 3.07. The molecule has 78 valence electrons. The van der Waals surface area contributed by atoms with Crippen molar-refractivity contribution in [2.75, 3.05) is 0 Å². The van der Waals surface area contributed by atoms with Gasteiger partial charge >= 0.3 is 5.97 Å². The summed E-state index contributed by atoms with van der Waals surface area (Å²) in [4.78, 5) is 22.4. The van der Waals surface area contributed by atoms with Gasteiger partial charge in [-0.25, -0.2) is 4.79 Å². The highest BCUT2D eigenvalue weighted by molar-refractivity contribution is 5.97. The van der Waals surface area contributed by atoms with Crippen LogP contribution in [0.4, 0.5) is 0 Å². The number of Topliss-reactive ketones (excluding diaryl/α,β-unsaturated/α-hetero) is 1. The van der Waals surface area contributed by atoms with Gasteiger partial charge in [-0.2, -0.15) is 0 Å². The standard InChI is InChI=1S/C12H12O3/c1-12(2)9-4-3-7(11(14)15)5-8(9)6-10(12)13/h3-5H,6H2,1-2H3,(H,14,15). The summed E-state index contributed by atoms with van der Waals surface area (Å²) >= 11 is 0. The fraction of sp³-hybridized carbons (Fsp3) is 0.333. The molecule has 0 bridgehead atoms. The summed E-state index contributed by atoms with van der Waals surface area (Å²) in [5, 5.41) is 8.83. The molecule has 0 saturated carbocycles. The van der Waals surface area contributed by atoms with Crippen LogP contribution in [0.15, 0.2) is 18.2 Å². The Bertz CT molecular complexity index is 458. The smallest absolute Gasteiger partial charge is 0.335 e. The van der Waals surface area contributed by atoms with Gasteiger partial charge in [-0.15, -0.1) is 0 Å². The van der Waals surface area contributed by atoms with E-state index in [4.69, 9.17) is 5.11 Å². The van der Waals surface area contributed by atoms with E-state index in [2.05, 4.69) is 0 Å². The van der Waals surface area contributed by atoms with E-state index in [0.717, 1.165) is 11.1 Å². The van der Waals surface area contributed by atoms with Crippen molar-refractivity contribution in [3.05, 3.63) is 34.9 Å². The van der Waals surface area contributed by atoms with Gasteiger partial charge in [-0.1, -0.05) is 6.07 Å². The molecule has 0 atom stereocenters. The zero-order chi connectivity index (χ0) is 11.2. The highest BCUT2D eigenvalue weighted by Gasteiger charge is 2.37. The first-order valence-corrected chi connectivity index (χ1v) is 4.83. The van der Waals surface area contributed by atoms with Crippen molar-refractivity contribution in [3.63, 3.8) is 0 Å². The predicted octanol–water partition coefficient (Wildman–Crippen LogP) is 1.79. The molecule has 0 spiro atoms. The maximum absolute atomic E-state index is 11.7. The molecule has 1 aromatic carbocycles. The van der Waals surface area contributed by atoms with E-state index in [9.17, 15) is 9.59 Å². The molecule has 2 rings (SSSR count). The maximum Gasteiger partial charge on any atom is 0.335 e. The Morgan fingerprint density at radius 2 is 2.07 bits per heavy atom. The number of benzene rings is 1. The lowest BCUT2D eigenvalue weighted by Gasteiger charge is -2.16. The second kappa shape index (κ2) is 2.92. The molecule has 0 radical (unpaired) electrons. The molecule has 1 aliphatic carbocycles. The van der Waals surface area contributed by atoms with Gasteiger partial charge in [-0.3, -0.25) is 4.79 Å². The molecular formula is C12H12O3. The van der Waals surface area contributed by atoms with Crippen LogP contribution in [0.2, 0.25) is 0 Å². The van der Waals surface area contributed by atoms with Crippen LogP contribution in [-0.4, -0.2) is 16.9 Å². The quantitative estimate of drug-likeness (QED) is 0.758. The Morgan fingerprint density at radius 3 is 2.67 bits per heavy atom. The summed E-state index contributed by atoms with van der Waals surface area (Å²) < 4.78 is 0. The average Bonchev–Trinajstić information content (AvgIpc) is 2.38. The van der Waals surface area contributed by atoms with Crippen molar-refractivity contribution < 1.29 is 14.7 Å². The molecule has 1 aliphatic rings. The van der Waals surface area contributed by atoms with Crippen LogP contribution in [0.1, 0.15) is 35.3 Å². The van der Waals surface area contributed by atoms with Gasteiger partial charge < -0.3 is 5.11 Å². The summed E-state index contributed by atoms with van der Waals surface area (Å²) in [6, 6.07) is 4.91. The van der Waals surface area contributed by atoms with Gasteiger partial charge in [0.25, 0.3) is 0 Å². The molecule has 0 unspecified atom stereocenters. The number of carboxylic acid groups (broad SMARTS) is 1. The number of fused-ring (bicyclic) bond motifs is 1. The zero-order valence-electron chi connectivity index (χ0n) is 8.70. The molecule has 0 heterocycles. The van der Waals surface area contributed by atoms with E-state index in [0.29, 0.717) is 6.42 Å². The second-order valence-electron chi connectivity index (χ2n) is 4.40. The van der Waals surface area contributed by atoms with E-state index < -0.39 is 11.4 Å². The third kappa shape index (κ3) is 1.35. The van der Waals surface area contributed by atoms with Crippen molar-refractivity contribution >= 4 is 11.8 Å². The van der Waals surface area contributed by atoms with E-state index >= 15 is 0 Å². The highest BCUT2D eigenvalue weighted by atomic mass is 16.4. The van der Waals surface area contributed by atoms with Crippen molar-refractivity contribution in [1.82, 2.24) is 0 Å². The number of hydrogen-bond acceptors (Lipinski definition) is 2. The molecule has 3 nitrogen and oxygen atoms in total. The van der Waals surface area contributed by atoms with Crippen LogP contribution in [-0.2, 0) is 16.6 Å². The van der Waals surface area contributed by atoms with Crippen LogP contribution in [0.3, 0.4) is 0 Å². The first kappa shape index (κ1) is 9.90. The number of carboxylic acids is 1. The van der Waals surface area contributed by atoms with Crippen LogP contribution in [0.5, 0.6) is 0 Å². The summed E-state index contributed by atoms with van der Waals surface area (Å²) in [6.07, 6.45) is 0.351. The molecule has 0 saturated heterocycles. The summed E-state index contributed by atoms with van der Waals surface area (Å²) in [7, 11) is 0. The van der Waals surface area contributed by atoms with Crippen molar-refractivity contribution in [1.29, 1.82) is 0 Å². The van der Waals surface area contributed by atoms with Crippen molar-refractivity contribution in [3.8, 4) is 0 Å². The Kier molecular flexibility index (Phi) is 1.93. The van der Waals surface area contributed by atoms with E-state index in [1.165, 1.54) is 0 Å². The van der Waals surface area contributed by atoms with Gasteiger partial charge in [0.2, 0.25) is 0 Å². The van der Waals surface area contributed by atoms with Gasteiger partial charge in [0.05, 0.1) is 5.56 Å². The fourth-order valence-electron chi connectivity index (χ4n) is 2.03. The zero-order valence-corrected chi connectivity index (χ0v) is 8.70. The lowest BCUT2D eigenvalue weighted by Crippen LogP contribution is -2.23. The average molecular weight is 204 g/mol. The Morgan fingerprint density at radius 1 is 1.40 bits per heavy atom. The first-order valence-electron chi connectivity index (χ1n) is 4.83. The summed E-state index contributed by atoms with van der Waals surface area (Å²) in [5.41, 5.74) is 1.59. The predicted molar refractivity (Wildman–Crippen MR) is 55.1 cm³/mol. The van der Waals surface area contributed by atoms with Crippen molar-refractivity contribution in [2.24, 2.45) is 0 Å². The minimum Gasteiger partial charge on any atom is -0.478 e. The molecular weight excluding hydrogens is 192 g/mol. The SMILES string of the molecule is CC1(C)C(=O)Cc2cc(C(=O)O)ccc21. The Balaban J connectivity index is 2.56. The fourth-order valence-corrected chi connectivity index (χ4v) is 2.03. The normalized spacial score (nSPS) is 17.6. The van der Waals surface area contributed by atoms with Gasteiger partial charge in [0.1, 0.15) is 5.78 Å². The lowest BCUT2D eigenvalue weighted by atomic mass is 9.85. The van der Waals surface area contributed by atoms with E-state index in [1.807, 2.05) is 13.8 Å². The van der Waals surface area contributed by atoms with Gasteiger partial charge in [0, 0.05) is 11.8 Å². The third-order valence-corrected chi connectivity index (χ3v) is 3.07. The molecule has 1 aromatic rings. The van der Waals surface area contributed by atoms with Crippen LogP contribution >= 0.6 is 0 Å². The molecule has 0 fully saturated rings. The van der Waals surface area contributed by atoms with Gasteiger partial charge in [0.15, 0.2) is 0 Å². The molecule has 15 heavy (non-hydrogen) atoms. The number of hydrogen-bond donors (Lipinski definition) is 1. The van der Waals surface area contributed by atoms with Gasteiger partial charge in [-0.05, 0) is 37.1 Å². The molecule has 3 heteroatoms. The lowest BCUT2D eigenvalue weighted by molar-refractivity contribution is -0.121. The molecule has 0 aliphatic heterocycles. The molecule has 0 aromatic heterocycles. The first-order chi connectivity index (χ1) is 6.93. The Hall–Kier alpha value is -1.64. The second-order valence-corrected chi connectivity index (χ2v) is 4.40. The van der Waals surface area contributed by atoms with Crippen LogP contribution < -0.4 is 0 Å². The Labute approximate surface area is 87.7 Å². The minimum atomic E-state index is -0.949. The monoisotopic (exact) mass is 204 g/mol. The molecule has 1 N–H and O–H groups in total. The van der Waals surface area contributed by atoms with Crippen LogP contribution in [0.25, 0.3) is 0 Å². The van der Waals surface area contributed by atoms with E-state index in [-0.39, 0.29) is 11.3 Å². The number of carbonyl (C=O) groups excluding carboxylic acids is 1. The molecule has 0 amide bonds. The van der Waals surface area contributed by atoms with Crippen molar-refractivity contribution in [2.45, 2.75) is 25.7 Å².